The SMILES string of the molecule is CN=C(NCc1ccc(CS(C)(=O)=O)cc1)NCC(C)c1ccsc1.I. The van der Waals surface area contributed by atoms with Crippen molar-refractivity contribution in [2.24, 2.45) is 4.99 Å². The van der Waals surface area contributed by atoms with Crippen LogP contribution < -0.4 is 10.6 Å². The summed E-state index contributed by atoms with van der Waals surface area (Å²) in [4.78, 5) is 4.24. The maximum atomic E-state index is 11.3. The molecule has 8 heteroatoms. The van der Waals surface area contributed by atoms with E-state index in [0.29, 0.717) is 12.5 Å². The first-order valence-corrected chi connectivity index (χ1v) is 11.1. The minimum atomic E-state index is -3.00. The minimum absolute atomic E-state index is 0. The Hall–Kier alpha value is -1.13. The van der Waals surface area contributed by atoms with Gasteiger partial charge in [-0.05, 0) is 39.4 Å². The van der Waals surface area contributed by atoms with Crippen LogP contribution in [0.25, 0.3) is 0 Å². The molecule has 0 saturated carbocycles. The van der Waals surface area contributed by atoms with Crippen LogP contribution >= 0.6 is 35.3 Å². The molecule has 0 radical (unpaired) electrons. The van der Waals surface area contributed by atoms with Crippen LogP contribution in [0, 0.1) is 0 Å². The third kappa shape index (κ3) is 8.05. The molecule has 1 aromatic heterocycles. The number of hydrogen-bond donors (Lipinski definition) is 2. The third-order valence-corrected chi connectivity index (χ3v) is 5.38. The topological polar surface area (TPSA) is 70.6 Å². The summed E-state index contributed by atoms with van der Waals surface area (Å²) >= 11 is 1.71. The van der Waals surface area contributed by atoms with Crippen molar-refractivity contribution in [2.45, 2.75) is 25.1 Å². The maximum Gasteiger partial charge on any atom is 0.191 e. The molecular formula is C18H26IN3O2S2. The number of aliphatic imine (C=N–C) groups is 1. The molecule has 26 heavy (non-hydrogen) atoms. The van der Waals surface area contributed by atoms with E-state index < -0.39 is 9.84 Å². The summed E-state index contributed by atoms with van der Waals surface area (Å²) in [5.41, 5.74) is 3.21. The standard InChI is InChI=1S/C18H25N3O2S2.HI/c1-14(17-8-9-24-12-17)10-20-18(19-2)21-11-15-4-6-16(7-5-15)13-25(3,22)23;/h4-9,12,14H,10-11,13H2,1-3H3,(H2,19,20,21);1H. The molecule has 0 fully saturated rings. The van der Waals surface area contributed by atoms with E-state index in [9.17, 15) is 8.42 Å². The quantitative estimate of drug-likeness (QED) is 0.343. The fourth-order valence-electron chi connectivity index (χ4n) is 2.39. The van der Waals surface area contributed by atoms with Crippen molar-refractivity contribution in [1.82, 2.24) is 10.6 Å². The second kappa shape index (κ2) is 10.9. The van der Waals surface area contributed by atoms with E-state index in [1.165, 1.54) is 11.8 Å². The maximum absolute atomic E-state index is 11.3. The largest absolute Gasteiger partial charge is 0.356 e. The van der Waals surface area contributed by atoms with Gasteiger partial charge in [-0.1, -0.05) is 31.2 Å². The van der Waals surface area contributed by atoms with Gasteiger partial charge in [-0.2, -0.15) is 11.3 Å². The first-order valence-electron chi connectivity index (χ1n) is 8.09. The van der Waals surface area contributed by atoms with Crippen LogP contribution in [0.3, 0.4) is 0 Å². The number of nitrogens with one attached hydrogen (secondary N) is 2. The minimum Gasteiger partial charge on any atom is -0.356 e. The van der Waals surface area contributed by atoms with Gasteiger partial charge in [-0.3, -0.25) is 4.99 Å². The molecule has 0 aliphatic heterocycles. The zero-order valence-electron chi connectivity index (χ0n) is 15.2. The smallest absolute Gasteiger partial charge is 0.191 e. The summed E-state index contributed by atoms with van der Waals surface area (Å²) in [5.74, 6) is 1.24. The van der Waals surface area contributed by atoms with Crippen molar-refractivity contribution in [3.63, 3.8) is 0 Å². The highest BCUT2D eigenvalue weighted by molar-refractivity contribution is 14.0. The van der Waals surface area contributed by atoms with Crippen molar-refractivity contribution >= 4 is 51.1 Å². The van der Waals surface area contributed by atoms with Crippen LogP contribution in [0.15, 0.2) is 46.1 Å². The second-order valence-corrected chi connectivity index (χ2v) is 9.07. The molecular weight excluding hydrogens is 481 g/mol. The number of halogens is 1. The lowest BCUT2D eigenvalue weighted by molar-refractivity contribution is 0.601. The average molecular weight is 507 g/mol. The highest BCUT2D eigenvalue weighted by atomic mass is 127. The van der Waals surface area contributed by atoms with E-state index in [1.807, 2.05) is 24.3 Å². The Balaban J connectivity index is 0.00000338. The summed E-state index contributed by atoms with van der Waals surface area (Å²) in [7, 11) is -1.25. The Morgan fingerprint density at radius 2 is 1.81 bits per heavy atom. The van der Waals surface area contributed by atoms with Gasteiger partial charge in [-0.25, -0.2) is 8.42 Å². The summed E-state index contributed by atoms with van der Waals surface area (Å²) in [6.07, 6.45) is 1.25. The molecule has 2 rings (SSSR count). The van der Waals surface area contributed by atoms with Gasteiger partial charge in [0.1, 0.15) is 0 Å². The lowest BCUT2D eigenvalue weighted by atomic mass is 10.1. The molecule has 1 heterocycles. The van der Waals surface area contributed by atoms with Crippen molar-refractivity contribution in [1.29, 1.82) is 0 Å². The molecule has 1 atom stereocenters. The fraction of sp³-hybridized carbons (Fsp3) is 0.389. The van der Waals surface area contributed by atoms with Gasteiger partial charge in [0.2, 0.25) is 0 Å². The number of nitrogens with zero attached hydrogens (tertiary/aromatic N) is 1. The molecule has 2 N–H and O–H groups in total. The number of thiophene rings is 1. The average Bonchev–Trinajstić information content (AvgIpc) is 3.09. The van der Waals surface area contributed by atoms with Gasteiger partial charge in [0.25, 0.3) is 0 Å². The van der Waals surface area contributed by atoms with E-state index in [0.717, 1.165) is 23.6 Å². The number of benzene rings is 1. The van der Waals surface area contributed by atoms with Crippen molar-refractivity contribution in [2.75, 3.05) is 19.8 Å². The van der Waals surface area contributed by atoms with E-state index >= 15 is 0 Å². The summed E-state index contributed by atoms with van der Waals surface area (Å²) in [6.45, 7) is 3.62. The fourth-order valence-corrected chi connectivity index (χ4v) is 3.97. The van der Waals surface area contributed by atoms with Gasteiger partial charge in [-0.15, -0.1) is 24.0 Å². The van der Waals surface area contributed by atoms with Gasteiger partial charge < -0.3 is 10.6 Å². The molecule has 0 saturated heterocycles. The van der Waals surface area contributed by atoms with Crippen LogP contribution in [0.5, 0.6) is 0 Å². The lowest BCUT2D eigenvalue weighted by Gasteiger charge is -2.15. The summed E-state index contributed by atoms with van der Waals surface area (Å²) in [5, 5.41) is 10.9. The molecule has 2 aromatic rings. The Labute approximate surface area is 177 Å². The van der Waals surface area contributed by atoms with Crippen LogP contribution in [-0.2, 0) is 22.1 Å². The Kier molecular flexibility index (Phi) is 9.59. The zero-order valence-corrected chi connectivity index (χ0v) is 19.2. The van der Waals surface area contributed by atoms with Gasteiger partial charge in [0.05, 0.1) is 5.75 Å². The zero-order chi connectivity index (χ0) is 18.3. The molecule has 5 nitrogen and oxygen atoms in total. The van der Waals surface area contributed by atoms with Crippen LogP contribution in [-0.4, -0.2) is 34.2 Å². The Morgan fingerprint density at radius 1 is 1.15 bits per heavy atom. The number of sulfone groups is 1. The van der Waals surface area contributed by atoms with Crippen LogP contribution in [0.1, 0.15) is 29.5 Å². The number of hydrogen-bond acceptors (Lipinski definition) is 4. The lowest BCUT2D eigenvalue weighted by Crippen LogP contribution is -2.38. The Bertz CT molecular complexity index is 788. The van der Waals surface area contributed by atoms with E-state index in [2.05, 4.69) is 39.4 Å². The number of rotatable bonds is 7. The van der Waals surface area contributed by atoms with E-state index in [-0.39, 0.29) is 29.7 Å². The third-order valence-electron chi connectivity index (χ3n) is 3.82. The van der Waals surface area contributed by atoms with Crippen molar-refractivity contribution < 1.29 is 8.42 Å². The molecule has 1 aromatic carbocycles. The van der Waals surface area contributed by atoms with Gasteiger partial charge >= 0.3 is 0 Å². The molecule has 0 aliphatic rings. The first kappa shape index (κ1) is 22.9. The molecule has 0 amide bonds. The Morgan fingerprint density at radius 3 is 2.35 bits per heavy atom. The summed E-state index contributed by atoms with van der Waals surface area (Å²) in [6, 6.07) is 9.73. The second-order valence-electron chi connectivity index (χ2n) is 6.15. The van der Waals surface area contributed by atoms with Crippen molar-refractivity contribution in [3.8, 4) is 0 Å². The molecule has 0 aliphatic carbocycles. The van der Waals surface area contributed by atoms with Gasteiger partial charge in [0.15, 0.2) is 15.8 Å². The van der Waals surface area contributed by atoms with Crippen LogP contribution in [0.4, 0.5) is 0 Å². The van der Waals surface area contributed by atoms with Crippen molar-refractivity contribution in [3.05, 3.63) is 57.8 Å². The molecule has 0 bridgehead atoms. The highest BCUT2D eigenvalue weighted by Gasteiger charge is 2.07. The normalized spacial score (nSPS) is 13.0. The highest BCUT2D eigenvalue weighted by Crippen LogP contribution is 2.17. The molecule has 0 spiro atoms. The molecule has 1 unspecified atom stereocenters. The molecule has 144 valence electrons. The van der Waals surface area contributed by atoms with Gasteiger partial charge in [0, 0.05) is 26.4 Å². The predicted molar refractivity (Wildman–Crippen MR) is 121 cm³/mol. The predicted octanol–water partition coefficient (Wildman–Crippen LogP) is 3.38. The first-order chi connectivity index (χ1) is 11.9. The van der Waals surface area contributed by atoms with Crippen LogP contribution in [0.2, 0.25) is 0 Å². The number of guanidine groups is 1. The summed E-state index contributed by atoms with van der Waals surface area (Å²) < 4.78 is 22.6. The van der Waals surface area contributed by atoms with E-state index in [1.54, 1.807) is 18.4 Å². The van der Waals surface area contributed by atoms with E-state index in [4.69, 9.17) is 0 Å². The monoisotopic (exact) mass is 507 g/mol.